The molecule has 2 N–H and O–H groups in total. The largest absolute Gasteiger partial charge is 0.490 e. The fourth-order valence-electron chi connectivity index (χ4n) is 1.50. The van der Waals surface area contributed by atoms with Crippen molar-refractivity contribution in [1.82, 2.24) is 4.98 Å². The molecule has 0 aliphatic heterocycles. The molecule has 1 rings (SSSR count). The number of hydrogen-bond donors (Lipinski definition) is 2. The van der Waals surface area contributed by atoms with Crippen molar-refractivity contribution in [3.63, 3.8) is 0 Å². The lowest BCUT2D eigenvalue weighted by molar-refractivity contribution is 0.277. The van der Waals surface area contributed by atoms with Crippen LogP contribution in [0.25, 0.3) is 0 Å². The second kappa shape index (κ2) is 7.06. The Balaban J connectivity index is 2.70. The maximum atomic E-state index is 8.93. The smallest absolute Gasteiger partial charge is 0.168 e. The first-order valence-corrected chi connectivity index (χ1v) is 5.77. The van der Waals surface area contributed by atoms with E-state index in [0.717, 1.165) is 24.4 Å². The molecule has 16 heavy (non-hydrogen) atoms. The molecule has 0 saturated heterocycles. The number of aromatic nitrogens is 1. The molecule has 1 aromatic rings. The minimum Gasteiger partial charge on any atom is -0.490 e. The van der Waals surface area contributed by atoms with Gasteiger partial charge in [-0.2, -0.15) is 0 Å². The first kappa shape index (κ1) is 12.8. The highest BCUT2D eigenvalue weighted by atomic mass is 16.5. The second-order valence-electron chi connectivity index (χ2n) is 3.54. The SMILES string of the molecule is CCOc1cccnc1NC(CC)CCO. The molecule has 0 amide bonds. The topological polar surface area (TPSA) is 54.4 Å². The van der Waals surface area contributed by atoms with E-state index in [1.54, 1.807) is 6.20 Å². The minimum absolute atomic E-state index is 0.183. The van der Waals surface area contributed by atoms with Crippen LogP contribution < -0.4 is 10.1 Å². The maximum Gasteiger partial charge on any atom is 0.168 e. The summed E-state index contributed by atoms with van der Waals surface area (Å²) < 4.78 is 5.47. The molecule has 0 fully saturated rings. The maximum absolute atomic E-state index is 8.93. The van der Waals surface area contributed by atoms with Crippen LogP contribution in [0.5, 0.6) is 5.75 Å². The Morgan fingerprint density at radius 2 is 2.31 bits per heavy atom. The molecule has 4 heteroatoms. The Morgan fingerprint density at radius 1 is 1.50 bits per heavy atom. The van der Waals surface area contributed by atoms with Crippen molar-refractivity contribution in [2.45, 2.75) is 32.7 Å². The van der Waals surface area contributed by atoms with Gasteiger partial charge in [0.2, 0.25) is 0 Å². The molecule has 0 aromatic carbocycles. The average molecular weight is 224 g/mol. The van der Waals surface area contributed by atoms with E-state index in [4.69, 9.17) is 9.84 Å². The summed E-state index contributed by atoms with van der Waals surface area (Å²) in [6, 6.07) is 3.98. The first-order chi connectivity index (χ1) is 7.81. The van der Waals surface area contributed by atoms with Gasteiger partial charge in [-0.05, 0) is 31.9 Å². The molecule has 1 aromatic heterocycles. The number of hydrogen-bond acceptors (Lipinski definition) is 4. The summed E-state index contributed by atoms with van der Waals surface area (Å²) in [5, 5.41) is 12.2. The molecule has 4 nitrogen and oxygen atoms in total. The highest BCUT2D eigenvalue weighted by Crippen LogP contribution is 2.22. The number of anilines is 1. The van der Waals surface area contributed by atoms with E-state index in [-0.39, 0.29) is 12.6 Å². The summed E-state index contributed by atoms with van der Waals surface area (Å²) in [7, 11) is 0. The summed E-state index contributed by atoms with van der Waals surface area (Å²) in [5.41, 5.74) is 0. The highest BCUT2D eigenvalue weighted by molar-refractivity contribution is 5.50. The van der Waals surface area contributed by atoms with Crippen LogP contribution in [0.4, 0.5) is 5.82 Å². The lowest BCUT2D eigenvalue weighted by atomic mass is 10.1. The number of aliphatic hydroxyl groups excluding tert-OH is 1. The van der Waals surface area contributed by atoms with Gasteiger partial charge in [0.1, 0.15) is 0 Å². The molecule has 1 unspecified atom stereocenters. The van der Waals surface area contributed by atoms with E-state index in [0.29, 0.717) is 6.61 Å². The summed E-state index contributed by atoms with van der Waals surface area (Å²) in [6.45, 7) is 4.83. The van der Waals surface area contributed by atoms with Gasteiger partial charge in [0, 0.05) is 18.8 Å². The van der Waals surface area contributed by atoms with Crippen molar-refractivity contribution < 1.29 is 9.84 Å². The number of nitrogens with zero attached hydrogens (tertiary/aromatic N) is 1. The molecule has 90 valence electrons. The van der Waals surface area contributed by atoms with Crippen molar-refractivity contribution in [2.24, 2.45) is 0 Å². The monoisotopic (exact) mass is 224 g/mol. The summed E-state index contributed by atoms with van der Waals surface area (Å²) in [4.78, 5) is 4.25. The molecule has 0 saturated carbocycles. The van der Waals surface area contributed by atoms with E-state index in [9.17, 15) is 0 Å². The fraction of sp³-hybridized carbons (Fsp3) is 0.583. The number of rotatable bonds is 7. The average Bonchev–Trinajstić information content (AvgIpc) is 2.31. The molecule has 0 radical (unpaired) electrons. The van der Waals surface area contributed by atoms with E-state index in [1.807, 2.05) is 19.1 Å². The lowest BCUT2D eigenvalue weighted by Crippen LogP contribution is -2.21. The molecule has 1 atom stereocenters. The lowest BCUT2D eigenvalue weighted by Gasteiger charge is -2.18. The number of pyridine rings is 1. The Morgan fingerprint density at radius 3 is 2.94 bits per heavy atom. The minimum atomic E-state index is 0.183. The van der Waals surface area contributed by atoms with Crippen LogP contribution in [0.3, 0.4) is 0 Å². The van der Waals surface area contributed by atoms with Crippen LogP contribution in [0.1, 0.15) is 26.7 Å². The molecule has 0 aliphatic rings. The zero-order valence-electron chi connectivity index (χ0n) is 9.94. The summed E-state index contributed by atoms with van der Waals surface area (Å²) in [5.74, 6) is 1.52. The van der Waals surface area contributed by atoms with Gasteiger partial charge in [0.25, 0.3) is 0 Å². The Labute approximate surface area is 96.7 Å². The van der Waals surface area contributed by atoms with Crippen LogP contribution >= 0.6 is 0 Å². The quantitative estimate of drug-likeness (QED) is 0.744. The highest BCUT2D eigenvalue weighted by Gasteiger charge is 2.09. The third-order valence-corrected chi connectivity index (χ3v) is 2.38. The van der Waals surface area contributed by atoms with Crippen LogP contribution in [0.15, 0.2) is 18.3 Å². The summed E-state index contributed by atoms with van der Waals surface area (Å²) in [6.07, 6.45) is 3.40. The van der Waals surface area contributed by atoms with Gasteiger partial charge in [0.15, 0.2) is 11.6 Å². The molecule has 0 aliphatic carbocycles. The van der Waals surface area contributed by atoms with E-state index in [1.165, 1.54) is 0 Å². The first-order valence-electron chi connectivity index (χ1n) is 5.77. The predicted molar refractivity (Wildman–Crippen MR) is 64.8 cm³/mol. The molecule has 0 spiro atoms. The third kappa shape index (κ3) is 3.70. The van der Waals surface area contributed by atoms with Crippen molar-refractivity contribution >= 4 is 5.82 Å². The van der Waals surface area contributed by atoms with Gasteiger partial charge < -0.3 is 15.2 Å². The van der Waals surface area contributed by atoms with Gasteiger partial charge in [0.05, 0.1) is 6.61 Å². The van der Waals surface area contributed by atoms with Crippen LogP contribution in [0.2, 0.25) is 0 Å². The molecule has 0 bridgehead atoms. The normalized spacial score (nSPS) is 12.2. The zero-order valence-corrected chi connectivity index (χ0v) is 9.94. The predicted octanol–water partition coefficient (Wildman–Crippen LogP) is 2.05. The second-order valence-corrected chi connectivity index (χ2v) is 3.54. The Kier molecular flexibility index (Phi) is 5.64. The van der Waals surface area contributed by atoms with Gasteiger partial charge in [-0.15, -0.1) is 0 Å². The molecular weight excluding hydrogens is 204 g/mol. The van der Waals surface area contributed by atoms with Crippen molar-refractivity contribution in [3.8, 4) is 5.75 Å². The van der Waals surface area contributed by atoms with Gasteiger partial charge in [-0.1, -0.05) is 6.92 Å². The van der Waals surface area contributed by atoms with E-state index >= 15 is 0 Å². The zero-order chi connectivity index (χ0) is 11.8. The van der Waals surface area contributed by atoms with Gasteiger partial charge in [-0.3, -0.25) is 0 Å². The fourth-order valence-corrected chi connectivity index (χ4v) is 1.50. The van der Waals surface area contributed by atoms with Crippen LogP contribution in [-0.4, -0.2) is 29.3 Å². The van der Waals surface area contributed by atoms with E-state index in [2.05, 4.69) is 17.2 Å². The number of ether oxygens (including phenoxy) is 1. The molecule has 1 heterocycles. The number of nitrogens with one attached hydrogen (secondary N) is 1. The number of aliphatic hydroxyl groups is 1. The van der Waals surface area contributed by atoms with Gasteiger partial charge in [-0.25, -0.2) is 4.98 Å². The Hall–Kier alpha value is -1.29. The third-order valence-electron chi connectivity index (χ3n) is 2.38. The van der Waals surface area contributed by atoms with Crippen LogP contribution in [0, 0.1) is 0 Å². The standard InChI is InChI=1S/C12H20N2O2/c1-3-10(7-9-15)14-12-11(16-4-2)6-5-8-13-12/h5-6,8,10,15H,3-4,7,9H2,1-2H3,(H,13,14). The van der Waals surface area contributed by atoms with Gasteiger partial charge >= 0.3 is 0 Å². The summed E-state index contributed by atoms with van der Waals surface area (Å²) >= 11 is 0. The van der Waals surface area contributed by atoms with Crippen molar-refractivity contribution in [1.29, 1.82) is 0 Å². The van der Waals surface area contributed by atoms with Crippen LogP contribution in [-0.2, 0) is 0 Å². The Bertz CT molecular complexity index is 305. The van der Waals surface area contributed by atoms with Crippen molar-refractivity contribution in [3.05, 3.63) is 18.3 Å². The van der Waals surface area contributed by atoms with E-state index < -0.39 is 0 Å². The van der Waals surface area contributed by atoms with Crippen molar-refractivity contribution in [2.75, 3.05) is 18.5 Å². The molecular formula is C12H20N2O2.